The first kappa shape index (κ1) is 15.9. The van der Waals surface area contributed by atoms with Gasteiger partial charge in [-0.3, -0.25) is 0 Å². The number of hydrogen-bond acceptors (Lipinski definition) is 3. The Morgan fingerprint density at radius 3 is 2.42 bits per heavy atom. The highest BCUT2D eigenvalue weighted by Crippen LogP contribution is 2.25. The van der Waals surface area contributed by atoms with Crippen molar-refractivity contribution >= 4 is 15.7 Å². The van der Waals surface area contributed by atoms with Crippen molar-refractivity contribution in [1.29, 1.82) is 0 Å². The predicted molar refractivity (Wildman–Crippen MR) is 74.8 cm³/mol. The van der Waals surface area contributed by atoms with Crippen LogP contribution >= 0.6 is 0 Å². The van der Waals surface area contributed by atoms with E-state index in [9.17, 15) is 12.8 Å². The number of halogens is 1. The molecule has 6 heteroatoms. The molecule has 0 fully saturated rings. The van der Waals surface area contributed by atoms with Gasteiger partial charge in [0.1, 0.15) is 10.7 Å². The van der Waals surface area contributed by atoms with Crippen molar-refractivity contribution < 1.29 is 12.8 Å². The second-order valence-corrected chi connectivity index (χ2v) is 6.91. The molecule has 0 radical (unpaired) electrons. The van der Waals surface area contributed by atoms with E-state index < -0.39 is 15.8 Å². The maximum absolute atomic E-state index is 14.1. The van der Waals surface area contributed by atoms with Gasteiger partial charge in [-0.2, -0.15) is 4.31 Å². The molecule has 0 atom stereocenters. The number of nitrogens with two attached hydrogens (primary N) is 1. The molecule has 0 aliphatic heterocycles. The quantitative estimate of drug-likeness (QED) is 0.846. The van der Waals surface area contributed by atoms with Crippen LogP contribution < -0.4 is 5.73 Å². The van der Waals surface area contributed by atoms with E-state index in [1.54, 1.807) is 6.92 Å². The molecule has 0 spiro atoms. The van der Waals surface area contributed by atoms with E-state index in [2.05, 4.69) is 0 Å². The van der Waals surface area contributed by atoms with Gasteiger partial charge in [0.15, 0.2) is 0 Å². The Hall–Kier alpha value is -1.14. The number of rotatable bonds is 5. The molecule has 108 valence electrons. The monoisotopic (exact) mass is 288 g/mol. The van der Waals surface area contributed by atoms with Gasteiger partial charge in [0, 0.05) is 18.8 Å². The van der Waals surface area contributed by atoms with Crippen LogP contribution in [0.1, 0.15) is 26.3 Å². The summed E-state index contributed by atoms with van der Waals surface area (Å²) < 4.78 is 40.2. The average Bonchev–Trinajstić information content (AvgIpc) is 2.30. The summed E-state index contributed by atoms with van der Waals surface area (Å²) in [5.41, 5.74) is 6.10. The maximum Gasteiger partial charge on any atom is 0.246 e. The Bertz CT molecular complexity index is 556. The number of anilines is 1. The van der Waals surface area contributed by atoms with Crippen LogP contribution in [0.15, 0.2) is 17.0 Å². The summed E-state index contributed by atoms with van der Waals surface area (Å²) in [6.07, 6.45) is 0. The summed E-state index contributed by atoms with van der Waals surface area (Å²) in [7, 11) is -3.84. The van der Waals surface area contributed by atoms with Crippen LogP contribution in [-0.4, -0.2) is 25.8 Å². The molecule has 2 N–H and O–H groups in total. The Labute approximate surface area is 114 Å². The summed E-state index contributed by atoms with van der Waals surface area (Å²) in [4.78, 5) is -0.340. The molecule has 0 heterocycles. The third-order valence-corrected chi connectivity index (χ3v) is 4.72. The minimum atomic E-state index is -3.84. The predicted octanol–water partition coefficient (Wildman–Crippen LogP) is 2.38. The lowest BCUT2D eigenvalue weighted by atomic mass is 10.2. The molecule has 0 aliphatic rings. The van der Waals surface area contributed by atoms with Crippen LogP contribution in [0.3, 0.4) is 0 Å². The van der Waals surface area contributed by atoms with Crippen LogP contribution in [0.5, 0.6) is 0 Å². The fraction of sp³-hybridized carbons (Fsp3) is 0.538. The molecule has 0 saturated carbocycles. The SMILES string of the molecule is CCN(CC(C)C)S(=O)(=O)c1cc(N)cc(C)c1F. The first-order valence-corrected chi connectivity index (χ1v) is 7.69. The van der Waals surface area contributed by atoms with Crippen molar-refractivity contribution in [2.45, 2.75) is 32.6 Å². The number of sulfonamides is 1. The standard InChI is InChI=1S/C13H21FN2O2S/c1-5-16(8-9(2)3)19(17,18)12-7-11(15)6-10(4)13(12)14/h6-7,9H,5,8,15H2,1-4H3. The maximum atomic E-state index is 14.1. The molecule has 0 unspecified atom stereocenters. The highest BCUT2D eigenvalue weighted by Gasteiger charge is 2.28. The van der Waals surface area contributed by atoms with E-state index in [4.69, 9.17) is 5.73 Å². The van der Waals surface area contributed by atoms with Crippen molar-refractivity contribution in [2.24, 2.45) is 5.92 Å². The van der Waals surface area contributed by atoms with Crippen LogP contribution in [0, 0.1) is 18.7 Å². The van der Waals surface area contributed by atoms with Gasteiger partial charge in [-0.25, -0.2) is 12.8 Å². The van der Waals surface area contributed by atoms with Crippen molar-refractivity contribution in [3.05, 3.63) is 23.5 Å². The molecule has 19 heavy (non-hydrogen) atoms. The summed E-state index contributed by atoms with van der Waals surface area (Å²) in [5, 5.41) is 0. The topological polar surface area (TPSA) is 63.4 Å². The van der Waals surface area contributed by atoms with Gasteiger partial charge in [0.25, 0.3) is 0 Å². The van der Waals surface area contributed by atoms with Crippen LogP contribution in [0.4, 0.5) is 10.1 Å². The molecular weight excluding hydrogens is 267 g/mol. The number of benzene rings is 1. The summed E-state index contributed by atoms with van der Waals surface area (Å²) in [6.45, 7) is 7.72. The van der Waals surface area contributed by atoms with Gasteiger partial charge in [-0.1, -0.05) is 20.8 Å². The second-order valence-electron chi connectivity index (χ2n) is 5.00. The van der Waals surface area contributed by atoms with Gasteiger partial charge in [-0.05, 0) is 30.5 Å². The Morgan fingerprint density at radius 2 is 1.95 bits per heavy atom. The second kappa shape index (κ2) is 5.88. The largest absolute Gasteiger partial charge is 0.399 e. The minimum Gasteiger partial charge on any atom is -0.399 e. The van der Waals surface area contributed by atoms with E-state index in [1.165, 1.54) is 23.4 Å². The van der Waals surface area contributed by atoms with Crippen LogP contribution in [0.25, 0.3) is 0 Å². The van der Waals surface area contributed by atoms with Gasteiger partial charge < -0.3 is 5.73 Å². The number of nitrogens with zero attached hydrogens (tertiary/aromatic N) is 1. The van der Waals surface area contributed by atoms with E-state index in [-0.39, 0.29) is 22.1 Å². The zero-order valence-corrected chi connectivity index (χ0v) is 12.6. The fourth-order valence-electron chi connectivity index (χ4n) is 1.90. The number of hydrogen-bond donors (Lipinski definition) is 1. The molecule has 1 aromatic carbocycles. The zero-order chi connectivity index (χ0) is 14.8. The van der Waals surface area contributed by atoms with Crippen LogP contribution in [-0.2, 0) is 10.0 Å². The van der Waals surface area contributed by atoms with Gasteiger partial charge >= 0.3 is 0 Å². The van der Waals surface area contributed by atoms with E-state index in [0.717, 1.165) is 0 Å². The third-order valence-electron chi connectivity index (χ3n) is 2.78. The fourth-order valence-corrected chi connectivity index (χ4v) is 3.68. The Balaban J connectivity index is 3.33. The third kappa shape index (κ3) is 3.45. The molecule has 0 saturated heterocycles. The summed E-state index contributed by atoms with van der Waals surface area (Å²) in [6, 6.07) is 2.60. The Kier molecular flexibility index (Phi) is 4.92. The number of aryl methyl sites for hydroxylation is 1. The molecule has 1 aromatic rings. The molecular formula is C13H21FN2O2S. The summed E-state index contributed by atoms with van der Waals surface area (Å²) in [5.74, 6) is -0.559. The normalized spacial score (nSPS) is 12.4. The summed E-state index contributed by atoms with van der Waals surface area (Å²) >= 11 is 0. The molecule has 0 amide bonds. The molecule has 4 nitrogen and oxygen atoms in total. The molecule has 0 aliphatic carbocycles. The first-order chi connectivity index (χ1) is 8.70. The highest BCUT2D eigenvalue weighted by atomic mass is 32.2. The van der Waals surface area contributed by atoms with E-state index in [1.807, 2.05) is 13.8 Å². The van der Waals surface area contributed by atoms with Crippen molar-refractivity contribution in [2.75, 3.05) is 18.8 Å². The van der Waals surface area contributed by atoms with E-state index >= 15 is 0 Å². The molecule has 0 aromatic heterocycles. The molecule has 1 rings (SSSR count). The minimum absolute atomic E-state index is 0.167. The first-order valence-electron chi connectivity index (χ1n) is 6.25. The lowest BCUT2D eigenvalue weighted by molar-refractivity contribution is 0.378. The van der Waals surface area contributed by atoms with Crippen LogP contribution in [0.2, 0.25) is 0 Å². The highest BCUT2D eigenvalue weighted by molar-refractivity contribution is 7.89. The lowest BCUT2D eigenvalue weighted by Gasteiger charge is -2.23. The lowest BCUT2D eigenvalue weighted by Crippen LogP contribution is -2.34. The van der Waals surface area contributed by atoms with Crippen molar-refractivity contribution in [3.8, 4) is 0 Å². The Morgan fingerprint density at radius 1 is 1.37 bits per heavy atom. The van der Waals surface area contributed by atoms with E-state index in [0.29, 0.717) is 13.1 Å². The van der Waals surface area contributed by atoms with Gasteiger partial charge in [-0.15, -0.1) is 0 Å². The smallest absolute Gasteiger partial charge is 0.246 e. The average molecular weight is 288 g/mol. The zero-order valence-electron chi connectivity index (χ0n) is 11.8. The number of nitrogen functional groups attached to an aromatic ring is 1. The van der Waals surface area contributed by atoms with Crippen molar-refractivity contribution in [1.82, 2.24) is 4.31 Å². The molecule has 0 bridgehead atoms. The van der Waals surface area contributed by atoms with Crippen molar-refractivity contribution in [3.63, 3.8) is 0 Å². The van der Waals surface area contributed by atoms with Gasteiger partial charge in [0.05, 0.1) is 0 Å². The van der Waals surface area contributed by atoms with Gasteiger partial charge in [0.2, 0.25) is 10.0 Å².